The van der Waals surface area contributed by atoms with E-state index in [0.29, 0.717) is 17.7 Å². The minimum atomic E-state index is -3.06. The second kappa shape index (κ2) is 6.35. The highest BCUT2D eigenvalue weighted by molar-refractivity contribution is 7.89. The molecule has 0 amide bonds. The van der Waals surface area contributed by atoms with Gasteiger partial charge in [0, 0.05) is 12.6 Å². The average molecular weight is 301 g/mol. The van der Waals surface area contributed by atoms with E-state index < -0.39 is 10.0 Å². The Balaban J connectivity index is 2.01. The van der Waals surface area contributed by atoms with Crippen molar-refractivity contribution in [2.24, 2.45) is 11.3 Å². The van der Waals surface area contributed by atoms with Crippen molar-refractivity contribution < 1.29 is 8.42 Å². The van der Waals surface area contributed by atoms with Gasteiger partial charge in [0.25, 0.3) is 0 Å². The van der Waals surface area contributed by atoms with E-state index in [9.17, 15) is 8.42 Å². The molecule has 0 aromatic rings. The minimum Gasteiger partial charge on any atom is -0.212 e. The summed E-state index contributed by atoms with van der Waals surface area (Å²) in [6, 6.07) is 0.306. The summed E-state index contributed by atoms with van der Waals surface area (Å²) in [6.45, 7) is 7.11. The predicted molar refractivity (Wildman–Crippen MR) is 84.2 cm³/mol. The van der Waals surface area contributed by atoms with Crippen molar-refractivity contribution in [1.29, 1.82) is 0 Å². The van der Waals surface area contributed by atoms with Crippen LogP contribution in [-0.2, 0) is 10.0 Å². The molecule has 0 unspecified atom stereocenters. The average Bonchev–Trinajstić information content (AvgIpc) is 2.87. The smallest absolute Gasteiger partial charge is 0.212 e. The molecule has 4 heteroatoms. The van der Waals surface area contributed by atoms with Gasteiger partial charge in [0.05, 0.1) is 5.75 Å². The lowest BCUT2D eigenvalue weighted by atomic mass is 9.83. The highest BCUT2D eigenvalue weighted by atomic mass is 32.2. The summed E-state index contributed by atoms with van der Waals surface area (Å²) < 4.78 is 27.2. The molecule has 1 atom stereocenters. The zero-order chi connectivity index (χ0) is 14.8. The molecule has 1 aliphatic carbocycles. The van der Waals surface area contributed by atoms with Crippen LogP contribution in [0, 0.1) is 11.3 Å². The van der Waals surface area contributed by atoms with Gasteiger partial charge in [0.1, 0.15) is 0 Å². The highest BCUT2D eigenvalue weighted by Gasteiger charge is 2.39. The molecule has 2 fully saturated rings. The van der Waals surface area contributed by atoms with Gasteiger partial charge in [-0.2, -0.15) is 4.31 Å². The van der Waals surface area contributed by atoms with Gasteiger partial charge in [-0.1, -0.05) is 40.0 Å². The molecule has 1 saturated carbocycles. The highest BCUT2D eigenvalue weighted by Crippen LogP contribution is 2.36. The zero-order valence-corrected chi connectivity index (χ0v) is 14.2. The SMILES string of the molecule is CC(C)(C)CCS(=O)(=O)N1CCC[C@H]1C1CCCCC1. The van der Waals surface area contributed by atoms with Crippen molar-refractivity contribution in [2.45, 2.75) is 78.2 Å². The molecule has 20 heavy (non-hydrogen) atoms. The fraction of sp³-hybridized carbons (Fsp3) is 1.00. The van der Waals surface area contributed by atoms with Gasteiger partial charge in [-0.05, 0) is 43.4 Å². The quantitative estimate of drug-likeness (QED) is 0.792. The van der Waals surface area contributed by atoms with Crippen LogP contribution in [-0.4, -0.2) is 31.1 Å². The van der Waals surface area contributed by atoms with E-state index in [-0.39, 0.29) is 5.41 Å². The monoisotopic (exact) mass is 301 g/mol. The molecule has 1 heterocycles. The lowest BCUT2D eigenvalue weighted by Crippen LogP contribution is -2.42. The molecule has 0 radical (unpaired) electrons. The van der Waals surface area contributed by atoms with Crippen LogP contribution >= 0.6 is 0 Å². The van der Waals surface area contributed by atoms with E-state index in [1.54, 1.807) is 0 Å². The third-order valence-electron chi connectivity index (χ3n) is 4.91. The van der Waals surface area contributed by atoms with Crippen molar-refractivity contribution in [1.82, 2.24) is 4.31 Å². The van der Waals surface area contributed by atoms with Gasteiger partial charge in [-0.15, -0.1) is 0 Å². The van der Waals surface area contributed by atoms with Crippen LogP contribution in [0.2, 0.25) is 0 Å². The van der Waals surface area contributed by atoms with Crippen LogP contribution < -0.4 is 0 Å². The van der Waals surface area contributed by atoms with Crippen LogP contribution in [0.3, 0.4) is 0 Å². The third-order valence-corrected chi connectivity index (χ3v) is 6.80. The molecular formula is C16H31NO2S. The Morgan fingerprint density at radius 1 is 1.00 bits per heavy atom. The first-order valence-corrected chi connectivity index (χ1v) is 9.90. The van der Waals surface area contributed by atoms with Crippen molar-refractivity contribution >= 4 is 10.0 Å². The molecule has 0 spiro atoms. The predicted octanol–water partition coefficient (Wildman–Crippen LogP) is 3.80. The summed E-state index contributed by atoms with van der Waals surface area (Å²) in [7, 11) is -3.06. The first-order valence-electron chi connectivity index (χ1n) is 8.29. The molecule has 1 saturated heterocycles. The summed E-state index contributed by atoms with van der Waals surface area (Å²) >= 11 is 0. The first-order chi connectivity index (χ1) is 9.30. The second-order valence-electron chi connectivity index (χ2n) is 7.85. The Labute approximate surface area is 125 Å². The zero-order valence-electron chi connectivity index (χ0n) is 13.4. The van der Waals surface area contributed by atoms with E-state index in [1.807, 2.05) is 4.31 Å². The lowest BCUT2D eigenvalue weighted by Gasteiger charge is -2.34. The molecule has 0 aromatic heterocycles. The molecule has 0 bridgehead atoms. The number of sulfonamides is 1. The summed E-state index contributed by atoms with van der Waals surface area (Å²) in [6.07, 6.45) is 9.26. The third kappa shape index (κ3) is 4.20. The van der Waals surface area contributed by atoms with E-state index in [0.717, 1.165) is 25.8 Å². The molecular weight excluding hydrogens is 270 g/mol. The van der Waals surface area contributed by atoms with Crippen LogP contribution in [0.4, 0.5) is 0 Å². The topological polar surface area (TPSA) is 37.4 Å². The molecule has 1 aliphatic heterocycles. The Hall–Kier alpha value is -0.0900. The van der Waals surface area contributed by atoms with Crippen LogP contribution in [0.1, 0.15) is 72.1 Å². The summed E-state index contributed by atoms with van der Waals surface area (Å²) in [5.74, 6) is 0.940. The van der Waals surface area contributed by atoms with Gasteiger partial charge in [-0.25, -0.2) is 8.42 Å². The Bertz CT molecular complexity index is 405. The number of nitrogens with zero attached hydrogens (tertiary/aromatic N) is 1. The Morgan fingerprint density at radius 3 is 2.25 bits per heavy atom. The number of hydrogen-bond donors (Lipinski definition) is 0. The molecule has 3 nitrogen and oxygen atoms in total. The normalized spacial score (nSPS) is 27.1. The van der Waals surface area contributed by atoms with E-state index in [1.165, 1.54) is 32.1 Å². The second-order valence-corrected chi connectivity index (χ2v) is 9.89. The molecule has 2 aliphatic rings. The van der Waals surface area contributed by atoms with Gasteiger partial charge in [-0.3, -0.25) is 0 Å². The fourth-order valence-electron chi connectivity index (χ4n) is 3.65. The van der Waals surface area contributed by atoms with Gasteiger partial charge in [0.15, 0.2) is 0 Å². The van der Waals surface area contributed by atoms with Crippen molar-refractivity contribution in [3.05, 3.63) is 0 Å². The lowest BCUT2D eigenvalue weighted by molar-refractivity contribution is 0.225. The number of rotatable bonds is 4. The molecule has 118 valence electrons. The van der Waals surface area contributed by atoms with E-state index >= 15 is 0 Å². The minimum absolute atomic E-state index is 0.0904. The van der Waals surface area contributed by atoms with Crippen molar-refractivity contribution in [3.63, 3.8) is 0 Å². The van der Waals surface area contributed by atoms with Gasteiger partial charge in [0.2, 0.25) is 10.0 Å². The molecule has 0 aromatic carbocycles. The summed E-state index contributed by atoms with van der Waals surface area (Å²) in [4.78, 5) is 0. The Kier molecular flexibility index (Phi) is 5.17. The number of hydrogen-bond acceptors (Lipinski definition) is 2. The fourth-order valence-corrected chi connectivity index (χ4v) is 5.86. The van der Waals surface area contributed by atoms with Crippen LogP contribution in [0.15, 0.2) is 0 Å². The maximum Gasteiger partial charge on any atom is 0.214 e. The van der Waals surface area contributed by atoms with Crippen molar-refractivity contribution in [2.75, 3.05) is 12.3 Å². The standard InChI is InChI=1S/C16H31NO2S/c1-16(2,3)11-13-20(18,19)17-12-7-10-15(17)14-8-5-4-6-9-14/h14-15H,4-13H2,1-3H3/t15-/m0/s1. The largest absolute Gasteiger partial charge is 0.214 e. The van der Waals surface area contributed by atoms with E-state index in [2.05, 4.69) is 20.8 Å². The van der Waals surface area contributed by atoms with Crippen LogP contribution in [0.25, 0.3) is 0 Å². The van der Waals surface area contributed by atoms with Crippen molar-refractivity contribution in [3.8, 4) is 0 Å². The van der Waals surface area contributed by atoms with Crippen LogP contribution in [0.5, 0.6) is 0 Å². The van der Waals surface area contributed by atoms with E-state index in [4.69, 9.17) is 0 Å². The maximum absolute atomic E-state index is 12.7. The Morgan fingerprint density at radius 2 is 1.65 bits per heavy atom. The molecule has 2 rings (SSSR count). The van der Waals surface area contributed by atoms with Gasteiger partial charge < -0.3 is 0 Å². The summed E-state index contributed by atoms with van der Waals surface area (Å²) in [5.41, 5.74) is 0.0904. The first kappa shape index (κ1) is 16.3. The molecule has 0 N–H and O–H groups in total. The maximum atomic E-state index is 12.7. The van der Waals surface area contributed by atoms with Gasteiger partial charge >= 0.3 is 0 Å². The summed E-state index contributed by atoms with van der Waals surface area (Å²) in [5, 5.41) is 0.